The number of nitrogens with zero attached hydrogens (tertiary/aromatic N) is 2. The van der Waals surface area contributed by atoms with Gasteiger partial charge < -0.3 is 5.73 Å². The van der Waals surface area contributed by atoms with Gasteiger partial charge in [0.25, 0.3) is 0 Å². The lowest BCUT2D eigenvalue weighted by Gasteiger charge is -2.06. The third kappa shape index (κ3) is 2.76. The molecule has 0 aliphatic carbocycles. The lowest BCUT2D eigenvalue weighted by atomic mass is 10.1. The standard InChI is InChI=1S/C14H12ClN3/c1-10(15)12-5-2-6-14(16)13(12)9-18-11-4-3-7-17-8-11/h2-9H,1,16H2. The molecule has 0 radical (unpaired) electrons. The summed E-state index contributed by atoms with van der Waals surface area (Å²) in [4.78, 5) is 8.30. The van der Waals surface area contributed by atoms with Crippen molar-refractivity contribution in [2.75, 3.05) is 5.73 Å². The van der Waals surface area contributed by atoms with Gasteiger partial charge in [-0.05, 0) is 18.2 Å². The number of hydrogen-bond acceptors (Lipinski definition) is 3. The fourth-order valence-electron chi connectivity index (χ4n) is 1.53. The van der Waals surface area contributed by atoms with Crippen LogP contribution in [0.3, 0.4) is 0 Å². The quantitative estimate of drug-likeness (QED) is 0.674. The molecular weight excluding hydrogens is 246 g/mol. The van der Waals surface area contributed by atoms with Crippen molar-refractivity contribution in [3.8, 4) is 0 Å². The van der Waals surface area contributed by atoms with E-state index in [9.17, 15) is 0 Å². The van der Waals surface area contributed by atoms with Gasteiger partial charge in [-0.1, -0.05) is 30.3 Å². The first kappa shape index (κ1) is 12.3. The number of aliphatic imine (C=N–C) groups is 1. The van der Waals surface area contributed by atoms with E-state index in [2.05, 4.69) is 16.6 Å². The molecule has 4 heteroatoms. The topological polar surface area (TPSA) is 51.3 Å². The molecule has 0 saturated heterocycles. The highest BCUT2D eigenvalue weighted by atomic mass is 35.5. The zero-order valence-electron chi connectivity index (χ0n) is 9.68. The molecule has 0 aliphatic rings. The first-order chi connectivity index (χ1) is 8.68. The summed E-state index contributed by atoms with van der Waals surface area (Å²) in [6.45, 7) is 3.72. The fourth-order valence-corrected chi connectivity index (χ4v) is 1.70. The molecule has 0 spiro atoms. The van der Waals surface area contributed by atoms with Crippen LogP contribution >= 0.6 is 11.6 Å². The van der Waals surface area contributed by atoms with Crippen LogP contribution in [0.15, 0.2) is 54.3 Å². The van der Waals surface area contributed by atoms with Crippen LogP contribution in [-0.4, -0.2) is 11.2 Å². The van der Waals surface area contributed by atoms with Crippen LogP contribution in [0.2, 0.25) is 0 Å². The van der Waals surface area contributed by atoms with Crippen LogP contribution in [0, 0.1) is 0 Å². The van der Waals surface area contributed by atoms with Gasteiger partial charge in [0.1, 0.15) is 0 Å². The van der Waals surface area contributed by atoms with E-state index < -0.39 is 0 Å². The molecule has 90 valence electrons. The Bertz CT molecular complexity index is 591. The SMILES string of the molecule is C=C(Cl)c1cccc(N)c1C=Nc1cccnc1. The fraction of sp³-hybridized carbons (Fsp3) is 0. The third-order valence-electron chi connectivity index (χ3n) is 2.42. The van der Waals surface area contributed by atoms with Crippen molar-refractivity contribution >= 4 is 34.2 Å². The minimum atomic E-state index is 0.440. The smallest absolute Gasteiger partial charge is 0.0813 e. The van der Waals surface area contributed by atoms with Crippen LogP contribution in [0.4, 0.5) is 11.4 Å². The normalized spacial score (nSPS) is 10.7. The van der Waals surface area contributed by atoms with Crippen molar-refractivity contribution in [1.82, 2.24) is 4.98 Å². The average molecular weight is 258 g/mol. The maximum absolute atomic E-state index is 5.94. The predicted molar refractivity (Wildman–Crippen MR) is 77.2 cm³/mol. The summed E-state index contributed by atoms with van der Waals surface area (Å²) in [7, 11) is 0. The average Bonchev–Trinajstić information content (AvgIpc) is 2.38. The van der Waals surface area contributed by atoms with E-state index in [1.54, 1.807) is 24.7 Å². The highest BCUT2D eigenvalue weighted by Crippen LogP contribution is 2.24. The predicted octanol–water partition coefficient (Wildman–Crippen LogP) is 3.62. The van der Waals surface area contributed by atoms with Crippen molar-refractivity contribution in [2.45, 2.75) is 0 Å². The van der Waals surface area contributed by atoms with Gasteiger partial charge in [0.2, 0.25) is 0 Å². The van der Waals surface area contributed by atoms with E-state index in [1.165, 1.54) is 0 Å². The van der Waals surface area contributed by atoms with E-state index >= 15 is 0 Å². The van der Waals surface area contributed by atoms with Gasteiger partial charge in [0.05, 0.1) is 11.9 Å². The van der Waals surface area contributed by atoms with Crippen molar-refractivity contribution in [3.05, 3.63) is 60.4 Å². The van der Waals surface area contributed by atoms with Crippen molar-refractivity contribution in [2.24, 2.45) is 4.99 Å². The minimum Gasteiger partial charge on any atom is -0.398 e. The molecule has 0 fully saturated rings. The Kier molecular flexibility index (Phi) is 3.75. The summed E-state index contributed by atoms with van der Waals surface area (Å²) < 4.78 is 0. The van der Waals surface area contributed by atoms with E-state index in [1.807, 2.05) is 24.3 Å². The first-order valence-corrected chi connectivity index (χ1v) is 5.73. The van der Waals surface area contributed by atoms with Gasteiger partial charge >= 0.3 is 0 Å². The second-order valence-corrected chi connectivity index (χ2v) is 4.14. The van der Waals surface area contributed by atoms with Crippen LogP contribution in [0.5, 0.6) is 0 Å². The van der Waals surface area contributed by atoms with Crippen molar-refractivity contribution in [3.63, 3.8) is 0 Å². The first-order valence-electron chi connectivity index (χ1n) is 5.36. The monoisotopic (exact) mass is 257 g/mol. The van der Waals surface area contributed by atoms with Crippen molar-refractivity contribution in [1.29, 1.82) is 0 Å². The van der Waals surface area contributed by atoms with Crippen LogP contribution in [0.25, 0.3) is 5.03 Å². The molecule has 0 atom stereocenters. The van der Waals surface area contributed by atoms with Gasteiger partial charge in [-0.15, -0.1) is 0 Å². The number of nitrogens with two attached hydrogens (primary N) is 1. The van der Waals surface area contributed by atoms with E-state index in [0.717, 1.165) is 16.8 Å². The molecule has 0 aliphatic heterocycles. The van der Waals surface area contributed by atoms with E-state index in [0.29, 0.717) is 10.7 Å². The highest BCUT2D eigenvalue weighted by Gasteiger charge is 2.05. The van der Waals surface area contributed by atoms with Crippen molar-refractivity contribution < 1.29 is 0 Å². The second-order valence-electron chi connectivity index (χ2n) is 3.68. The van der Waals surface area contributed by atoms with Crippen LogP contribution in [-0.2, 0) is 0 Å². The van der Waals surface area contributed by atoms with Gasteiger partial charge in [-0.3, -0.25) is 9.98 Å². The molecule has 3 nitrogen and oxygen atoms in total. The molecular formula is C14H12ClN3. The zero-order chi connectivity index (χ0) is 13.0. The molecule has 2 N–H and O–H groups in total. The molecule has 1 aromatic heterocycles. The number of hydrogen-bond donors (Lipinski definition) is 1. The molecule has 2 rings (SSSR count). The summed E-state index contributed by atoms with van der Waals surface area (Å²) in [5, 5.41) is 0.440. The molecule has 1 aromatic carbocycles. The molecule has 18 heavy (non-hydrogen) atoms. The highest BCUT2D eigenvalue weighted by molar-refractivity contribution is 6.48. The lowest BCUT2D eigenvalue weighted by molar-refractivity contribution is 1.31. The largest absolute Gasteiger partial charge is 0.398 e. The number of anilines is 1. The number of halogens is 1. The Labute approximate surface area is 111 Å². The molecule has 0 saturated carbocycles. The number of pyridine rings is 1. The van der Waals surface area contributed by atoms with E-state index in [-0.39, 0.29) is 0 Å². The summed E-state index contributed by atoms with van der Waals surface area (Å²) >= 11 is 5.94. The van der Waals surface area contributed by atoms with Crippen LogP contribution < -0.4 is 5.73 Å². The Balaban J connectivity index is 2.40. The summed E-state index contributed by atoms with van der Waals surface area (Å²) in [5.74, 6) is 0. The van der Waals surface area contributed by atoms with Gasteiger partial charge in [0.15, 0.2) is 0 Å². The van der Waals surface area contributed by atoms with Gasteiger partial charge in [0, 0.05) is 34.3 Å². The number of nitrogen functional groups attached to an aromatic ring is 1. The number of rotatable bonds is 3. The summed E-state index contributed by atoms with van der Waals surface area (Å²) in [5.41, 5.74) is 8.83. The Hall–Kier alpha value is -2.13. The van der Waals surface area contributed by atoms with Gasteiger partial charge in [-0.2, -0.15) is 0 Å². The van der Waals surface area contributed by atoms with E-state index in [4.69, 9.17) is 17.3 Å². The Morgan fingerprint density at radius 3 is 2.83 bits per heavy atom. The van der Waals surface area contributed by atoms with Gasteiger partial charge in [-0.25, -0.2) is 0 Å². The molecule has 0 bridgehead atoms. The summed E-state index contributed by atoms with van der Waals surface area (Å²) in [6.07, 6.45) is 5.04. The second kappa shape index (κ2) is 5.47. The Morgan fingerprint density at radius 2 is 2.17 bits per heavy atom. The lowest BCUT2D eigenvalue weighted by Crippen LogP contribution is -1.97. The molecule has 0 unspecified atom stereocenters. The zero-order valence-corrected chi connectivity index (χ0v) is 10.4. The van der Waals surface area contributed by atoms with Crippen LogP contribution in [0.1, 0.15) is 11.1 Å². The molecule has 1 heterocycles. The maximum Gasteiger partial charge on any atom is 0.0813 e. The Morgan fingerprint density at radius 1 is 1.33 bits per heavy atom. The summed E-state index contributed by atoms with van der Waals surface area (Å²) in [6, 6.07) is 9.17. The molecule has 0 amide bonds. The third-order valence-corrected chi connectivity index (χ3v) is 2.62. The number of aromatic nitrogens is 1. The maximum atomic E-state index is 5.94. The minimum absolute atomic E-state index is 0.440. The molecule has 2 aromatic rings. The number of benzene rings is 1.